The highest BCUT2D eigenvalue weighted by atomic mass is 15.3. The number of hydrogen-bond donors (Lipinski definition) is 1. The summed E-state index contributed by atoms with van der Waals surface area (Å²) < 4.78 is 2.04. The molecule has 1 aromatic carbocycles. The first kappa shape index (κ1) is 14.8. The average Bonchev–Trinajstić information content (AvgIpc) is 2.65. The lowest BCUT2D eigenvalue weighted by Gasteiger charge is -2.06. The van der Waals surface area contributed by atoms with Crippen molar-refractivity contribution < 1.29 is 0 Å². The van der Waals surface area contributed by atoms with E-state index in [1.165, 1.54) is 22.3 Å². The fourth-order valence-corrected chi connectivity index (χ4v) is 2.48. The van der Waals surface area contributed by atoms with Crippen LogP contribution in [0, 0.1) is 20.8 Å². The highest BCUT2D eigenvalue weighted by Crippen LogP contribution is 2.12. The molecule has 0 amide bonds. The van der Waals surface area contributed by atoms with Gasteiger partial charge in [0.25, 0.3) is 0 Å². The van der Waals surface area contributed by atoms with Gasteiger partial charge in [-0.05, 0) is 26.3 Å². The first-order valence-electron chi connectivity index (χ1n) is 7.27. The molecule has 0 aliphatic carbocycles. The van der Waals surface area contributed by atoms with Crippen molar-refractivity contribution in [3.8, 4) is 0 Å². The molecule has 108 valence electrons. The number of rotatable bonds is 5. The molecule has 0 aliphatic heterocycles. The maximum atomic E-state index is 4.62. The summed E-state index contributed by atoms with van der Waals surface area (Å²) in [6, 6.07) is 7.17. The Kier molecular flexibility index (Phi) is 4.61. The van der Waals surface area contributed by atoms with Gasteiger partial charge in [0.15, 0.2) is 0 Å². The molecule has 3 heteroatoms. The van der Waals surface area contributed by atoms with Crippen molar-refractivity contribution >= 4 is 0 Å². The Labute approximate surface area is 122 Å². The van der Waals surface area contributed by atoms with E-state index >= 15 is 0 Å². The number of aromatic nitrogens is 2. The fourth-order valence-electron chi connectivity index (χ4n) is 2.48. The van der Waals surface area contributed by atoms with Gasteiger partial charge in [-0.3, -0.25) is 4.68 Å². The average molecular weight is 271 g/mol. The number of aryl methyl sites for hydroxylation is 3. The van der Waals surface area contributed by atoms with Gasteiger partial charge in [0, 0.05) is 24.3 Å². The van der Waals surface area contributed by atoms with Crippen molar-refractivity contribution in [1.29, 1.82) is 0 Å². The summed E-state index contributed by atoms with van der Waals surface area (Å²) in [5.74, 6) is 0. The third-order valence-corrected chi connectivity index (χ3v) is 3.37. The summed E-state index contributed by atoms with van der Waals surface area (Å²) >= 11 is 0. The number of hydrogen-bond acceptors (Lipinski definition) is 2. The highest BCUT2D eigenvalue weighted by Gasteiger charge is 2.06. The lowest BCUT2D eigenvalue weighted by molar-refractivity contribution is 0.587. The number of nitrogens with one attached hydrogen (secondary N) is 1. The van der Waals surface area contributed by atoms with Crippen LogP contribution in [0.3, 0.4) is 0 Å². The molecule has 0 bridgehead atoms. The first-order valence-corrected chi connectivity index (χ1v) is 7.27. The van der Waals surface area contributed by atoms with Crippen LogP contribution in [0.4, 0.5) is 0 Å². The monoisotopic (exact) mass is 271 g/mol. The Morgan fingerprint density at radius 1 is 1.10 bits per heavy atom. The van der Waals surface area contributed by atoms with Crippen molar-refractivity contribution in [2.24, 2.45) is 0 Å². The lowest BCUT2D eigenvalue weighted by atomic mass is 10.1. The molecule has 0 spiro atoms. The van der Waals surface area contributed by atoms with E-state index in [1.807, 2.05) is 4.68 Å². The van der Waals surface area contributed by atoms with Crippen molar-refractivity contribution in [3.63, 3.8) is 0 Å². The third kappa shape index (κ3) is 3.94. The van der Waals surface area contributed by atoms with Gasteiger partial charge in [0.2, 0.25) is 0 Å². The van der Waals surface area contributed by atoms with E-state index in [2.05, 4.69) is 69.4 Å². The van der Waals surface area contributed by atoms with E-state index in [-0.39, 0.29) is 0 Å². The van der Waals surface area contributed by atoms with Gasteiger partial charge in [0.05, 0.1) is 12.2 Å². The standard InChI is InChI=1S/C17H25N3/c1-12(2)18-9-17-11-20(19-15(17)5)10-16-7-13(3)6-14(4)8-16/h6-8,11-12,18H,9-10H2,1-5H3. The molecule has 1 heterocycles. The van der Waals surface area contributed by atoms with Crippen LogP contribution in [0.25, 0.3) is 0 Å². The third-order valence-electron chi connectivity index (χ3n) is 3.37. The molecule has 0 radical (unpaired) electrons. The predicted octanol–water partition coefficient (Wildman–Crippen LogP) is 3.35. The smallest absolute Gasteiger partial charge is 0.0659 e. The minimum absolute atomic E-state index is 0.497. The highest BCUT2D eigenvalue weighted by molar-refractivity contribution is 5.29. The molecule has 0 unspecified atom stereocenters. The van der Waals surface area contributed by atoms with Gasteiger partial charge in [-0.1, -0.05) is 43.2 Å². The summed E-state index contributed by atoms with van der Waals surface area (Å²) in [5.41, 5.74) is 6.33. The van der Waals surface area contributed by atoms with Gasteiger partial charge in [-0.15, -0.1) is 0 Å². The van der Waals surface area contributed by atoms with E-state index in [9.17, 15) is 0 Å². The Bertz CT molecular complexity index is 562. The summed E-state index contributed by atoms with van der Waals surface area (Å²) in [7, 11) is 0. The van der Waals surface area contributed by atoms with Crippen LogP contribution in [-0.2, 0) is 13.1 Å². The quantitative estimate of drug-likeness (QED) is 0.903. The molecule has 3 nitrogen and oxygen atoms in total. The van der Waals surface area contributed by atoms with E-state index < -0.39 is 0 Å². The molecule has 0 aliphatic rings. The SMILES string of the molecule is Cc1cc(C)cc(Cn2cc(CNC(C)C)c(C)n2)c1. The van der Waals surface area contributed by atoms with Gasteiger partial charge < -0.3 is 5.32 Å². The zero-order valence-electron chi connectivity index (χ0n) is 13.2. The van der Waals surface area contributed by atoms with Crippen LogP contribution < -0.4 is 5.32 Å². The topological polar surface area (TPSA) is 29.9 Å². The molecule has 0 saturated carbocycles. The van der Waals surface area contributed by atoms with Crippen LogP contribution >= 0.6 is 0 Å². The van der Waals surface area contributed by atoms with Gasteiger partial charge >= 0.3 is 0 Å². The Morgan fingerprint density at radius 3 is 2.35 bits per heavy atom. The Balaban J connectivity index is 2.11. The van der Waals surface area contributed by atoms with Gasteiger partial charge in [-0.2, -0.15) is 5.10 Å². The zero-order valence-corrected chi connectivity index (χ0v) is 13.2. The molecule has 1 N–H and O–H groups in total. The van der Waals surface area contributed by atoms with Crippen LogP contribution in [0.15, 0.2) is 24.4 Å². The fraction of sp³-hybridized carbons (Fsp3) is 0.471. The summed E-state index contributed by atoms with van der Waals surface area (Å²) in [4.78, 5) is 0. The van der Waals surface area contributed by atoms with E-state index in [0.29, 0.717) is 6.04 Å². The van der Waals surface area contributed by atoms with Crippen LogP contribution in [-0.4, -0.2) is 15.8 Å². The molecule has 0 atom stereocenters. The number of nitrogens with zero attached hydrogens (tertiary/aromatic N) is 2. The summed E-state index contributed by atoms with van der Waals surface area (Å²) in [6.07, 6.45) is 2.16. The molecule has 20 heavy (non-hydrogen) atoms. The van der Waals surface area contributed by atoms with Gasteiger partial charge in [0.1, 0.15) is 0 Å². The molecule has 1 aromatic heterocycles. The van der Waals surface area contributed by atoms with Crippen LogP contribution in [0.1, 0.15) is 41.8 Å². The minimum Gasteiger partial charge on any atom is -0.310 e. The Hall–Kier alpha value is -1.61. The zero-order chi connectivity index (χ0) is 14.7. The van der Waals surface area contributed by atoms with Crippen molar-refractivity contribution in [1.82, 2.24) is 15.1 Å². The van der Waals surface area contributed by atoms with Crippen molar-refractivity contribution in [2.75, 3.05) is 0 Å². The number of benzene rings is 1. The predicted molar refractivity (Wildman–Crippen MR) is 84.0 cm³/mol. The molecular weight excluding hydrogens is 246 g/mol. The maximum Gasteiger partial charge on any atom is 0.0659 e. The van der Waals surface area contributed by atoms with Crippen LogP contribution in [0.5, 0.6) is 0 Å². The van der Waals surface area contributed by atoms with Crippen molar-refractivity contribution in [2.45, 2.75) is 53.8 Å². The molecule has 2 aromatic rings. The Morgan fingerprint density at radius 2 is 1.75 bits per heavy atom. The minimum atomic E-state index is 0.497. The van der Waals surface area contributed by atoms with Crippen LogP contribution in [0.2, 0.25) is 0 Å². The van der Waals surface area contributed by atoms with E-state index in [0.717, 1.165) is 18.8 Å². The summed E-state index contributed by atoms with van der Waals surface area (Å²) in [6.45, 7) is 12.4. The van der Waals surface area contributed by atoms with Gasteiger partial charge in [-0.25, -0.2) is 0 Å². The van der Waals surface area contributed by atoms with E-state index in [1.54, 1.807) is 0 Å². The second-order valence-corrected chi connectivity index (χ2v) is 5.97. The summed E-state index contributed by atoms with van der Waals surface area (Å²) in [5, 5.41) is 8.06. The second kappa shape index (κ2) is 6.23. The normalized spacial score (nSPS) is 11.3. The lowest BCUT2D eigenvalue weighted by Crippen LogP contribution is -2.21. The molecular formula is C17H25N3. The van der Waals surface area contributed by atoms with E-state index in [4.69, 9.17) is 0 Å². The first-order chi connectivity index (χ1) is 9.44. The second-order valence-electron chi connectivity index (χ2n) is 5.97. The van der Waals surface area contributed by atoms with Crippen molar-refractivity contribution in [3.05, 3.63) is 52.3 Å². The molecule has 0 fully saturated rings. The maximum absolute atomic E-state index is 4.62. The molecule has 0 saturated heterocycles. The molecule has 2 rings (SSSR count). The largest absolute Gasteiger partial charge is 0.310 e.